The fourth-order valence-corrected chi connectivity index (χ4v) is 5.65. The average Bonchev–Trinajstić information content (AvgIpc) is 2.88. The van der Waals surface area contributed by atoms with Crippen LogP contribution in [0.25, 0.3) is 0 Å². The molecule has 0 aromatic carbocycles. The predicted octanol–water partition coefficient (Wildman–Crippen LogP) is 12.9. The second-order valence-corrected chi connectivity index (χ2v) is 12.1. The zero-order chi connectivity index (χ0) is 26.2. The lowest BCUT2D eigenvalue weighted by Crippen LogP contribution is -2.05. The number of rotatable bonds is 32. The summed E-state index contributed by atoms with van der Waals surface area (Å²) in [5.74, 6) is 0. The molecule has 0 fully saturated rings. The van der Waals surface area contributed by atoms with Crippen molar-refractivity contribution < 1.29 is 5.11 Å². The lowest BCUT2D eigenvalue weighted by molar-refractivity contribution is 0.147. The van der Waals surface area contributed by atoms with E-state index in [0.29, 0.717) is 0 Å². The summed E-state index contributed by atoms with van der Waals surface area (Å²) >= 11 is 0. The van der Waals surface area contributed by atoms with Crippen LogP contribution >= 0.6 is 0 Å². The zero-order valence-electron chi connectivity index (χ0n) is 25.7. The van der Waals surface area contributed by atoms with E-state index < -0.39 is 0 Å². The first-order chi connectivity index (χ1) is 17.8. The van der Waals surface area contributed by atoms with Gasteiger partial charge in [0.2, 0.25) is 0 Å². The van der Waals surface area contributed by atoms with Gasteiger partial charge in [-0.25, -0.2) is 0 Å². The molecule has 0 saturated carbocycles. The van der Waals surface area contributed by atoms with Gasteiger partial charge in [-0.1, -0.05) is 206 Å². The Labute approximate surface area is 230 Å². The molecule has 1 heteroatoms. The second-order valence-electron chi connectivity index (χ2n) is 12.1. The number of hydrogen-bond donors (Lipinski definition) is 1. The molecule has 0 aliphatic heterocycles. The molecule has 0 aliphatic rings. The van der Waals surface area contributed by atoms with Crippen LogP contribution in [0.5, 0.6) is 0 Å². The molecule has 0 amide bonds. The van der Waals surface area contributed by atoms with Crippen molar-refractivity contribution in [3.8, 4) is 0 Å². The molecule has 1 unspecified atom stereocenters. The molecule has 0 bridgehead atoms. The van der Waals surface area contributed by atoms with Gasteiger partial charge in [-0.2, -0.15) is 0 Å². The van der Waals surface area contributed by atoms with Gasteiger partial charge in [0.05, 0.1) is 6.10 Å². The van der Waals surface area contributed by atoms with E-state index >= 15 is 0 Å². The Morgan fingerprint density at radius 2 is 0.444 bits per heavy atom. The molecule has 0 saturated heterocycles. The van der Waals surface area contributed by atoms with Crippen molar-refractivity contribution in [3.63, 3.8) is 0 Å². The summed E-state index contributed by atoms with van der Waals surface area (Å²) in [7, 11) is 0. The van der Waals surface area contributed by atoms with Crippen molar-refractivity contribution >= 4 is 0 Å². The van der Waals surface area contributed by atoms with E-state index in [1.807, 2.05) is 0 Å². The Morgan fingerprint density at radius 3 is 0.639 bits per heavy atom. The van der Waals surface area contributed by atoms with Crippen LogP contribution in [-0.2, 0) is 0 Å². The summed E-state index contributed by atoms with van der Waals surface area (Å²) in [6, 6.07) is 0. The SMILES string of the molecule is CCCCCCCCCCCCCCCCCCC(O)CCCCCCCCCCCCCCCC. The molecule has 1 N–H and O–H groups in total. The van der Waals surface area contributed by atoms with E-state index in [4.69, 9.17) is 0 Å². The highest BCUT2D eigenvalue weighted by Gasteiger charge is 2.04. The summed E-state index contributed by atoms with van der Waals surface area (Å²) in [5.41, 5.74) is 0. The minimum atomic E-state index is -0.0334. The largest absolute Gasteiger partial charge is 0.393 e. The highest BCUT2D eigenvalue weighted by molar-refractivity contribution is 4.58. The Balaban J connectivity index is 3.13. The molecule has 218 valence electrons. The third-order valence-electron chi connectivity index (χ3n) is 8.28. The fraction of sp³-hybridized carbons (Fsp3) is 1.00. The zero-order valence-corrected chi connectivity index (χ0v) is 25.7. The van der Waals surface area contributed by atoms with E-state index in [0.717, 1.165) is 12.8 Å². The van der Waals surface area contributed by atoms with Crippen LogP contribution in [0.3, 0.4) is 0 Å². The van der Waals surface area contributed by atoms with Crippen LogP contribution in [0.1, 0.15) is 219 Å². The highest BCUT2D eigenvalue weighted by Crippen LogP contribution is 2.17. The van der Waals surface area contributed by atoms with Gasteiger partial charge in [0.1, 0.15) is 0 Å². The lowest BCUT2D eigenvalue weighted by Gasteiger charge is -2.10. The summed E-state index contributed by atoms with van der Waals surface area (Å²) < 4.78 is 0. The van der Waals surface area contributed by atoms with Gasteiger partial charge in [-0.3, -0.25) is 0 Å². The van der Waals surface area contributed by atoms with Crippen molar-refractivity contribution in [3.05, 3.63) is 0 Å². The van der Waals surface area contributed by atoms with Gasteiger partial charge in [-0.15, -0.1) is 0 Å². The smallest absolute Gasteiger partial charge is 0.0540 e. The van der Waals surface area contributed by atoms with E-state index in [1.165, 1.54) is 193 Å². The first-order valence-electron chi connectivity index (χ1n) is 17.5. The highest BCUT2D eigenvalue weighted by atomic mass is 16.3. The van der Waals surface area contributed by atoms with Crippen LogP contribution in [0.2, 0.25) is 0 Å². The van der Waals surface area contributed by atoms with Gasteiger partial charge >= 0.3 is 0 Å². The molecule has 36 heavy (non-hydrogen) atoms. The van der Waals surface area contributed by atoms with Crippen molar-refractivity contribution in [1.82, 2.24) is 0 Å². The maximum Gasteiger partial charge on any atom is 0.0540 e. The van der Waals surface area contributed by atoms with E-state index in [2.05, 4.69) is 13.8 Å². The van der Waals surface area contributed by atoms with Gasteiger partial charge in [-0.05, 0) is 12.8 Å². The van der Waals surface area contributed by atoms with Gasteiger partial charge in [0.25, 0.3) is 0 Å². The third kappa shape index (κ3) is 32.0. The van der Waals surface area contributed by atoms with Crippen molar-refractivity contribution in [2.75, 3.05) is 0 Å². The minimum Gasteiger partial charge on any atom is -0.393 e. The predicted molar refractivity (Wildman–Crippen MR) is 165 cm³/mol. The van der Waals surface area contributed by atoms with Crippen LogP contribution in [0.15, 0.2) is 0 Å². The second kappa shape index (κ2) is 33.0. The Kier molecular flexibility index (Phi) is 33.0. The molecule has 0 radical (unpaired) electrons. The van der Waals surface area contributed by atoms with E-state index in [9.17, 15) is 5.11 Å². The number of aliphatic hydroxyl groups excluding tert-OH is 1. The Bertz CT molecular complexity index is 366. The number of aliphatic hydroxyl groups is 1. The maximum absolute atomic E-state index is 10.3. The van der Waals surface area contributed by atoms with Crippen molar-refractivity contribution in [2.45, 2.75) is 225 Å². The molecule has 1 nitrogen and oxygen atoms in total. The van der Waals surface area contributed by atoms with Gasteiger partial charge in [0.15, 0.2) is 0 Å². The third-order valence-corrected chi connectivity index (χ3v) is 8.28. The molecule has 0 heterocycles. The van der Waals surface area contributed by atoms with Gasteiger partial charge < -0.3 is 5.11 Å². The molecule has 0 aromatic heterocycles. The first-order valence-corrected chi connectivity index (χ1v) is 17.5. The van der Waals surface area contributed by atoms with Crippen LogP contribution in [0.4, 0.5) is 0 Å². The molecule has 0 rings (SSSR count). The quantitative estimate of drug-likeness (QED) is 0.0895. The van der Waals surface area contributed by atoms with E-state index in [1.54, 1.807) is 0 Å². The lowest BCUT2D eigenvalue weighted by atomic mass is 10.0. The fourth-order valence-electron chi connectivity index (χ4n) is 5.65. The topological polar surface area (TPSA) is 20.2 Å². The molecule has 1 atom stereocenters. The number of unbranched alkanes of at least 4 members (excludes halogenated alkanes) is 28. The monoisotopic (exact) mass is 509 g/mol. The Hall–Kier alpha value is -0.0400. The average molecular weight is 509 g/mol. The minimum absolute atomic E-state index is 0.0334. The molecule has 0 aromatic rings. The van der Waals surface area contributed by atoms with Crippen molar-refractivity contribution in [1.29, 1.82) is 0 Å². The van der Waals surface area contributed by atoms with Gasteiger partial charge in [0, 0.05) is 0 Å². The molecule has 0 aliphatic carbocycles. The molecular formula is C35H72O. The molecule has 0 spiro atoms. The van der Waals surface area contributed by atoms with Crippen molar-refractivity contribution in [2.24, 2.45) is 0 Å². The van der Waals surface area contributed by atoms with Crippen LogP contribution in [0, 0.1) is 0 Å². The summed E-state index contributed by atoms with van der Waals surface area (Å²) in [4.78, 5) is 0. The standard InChI is InChI=1S/C35H72O/c1-3-5-7-9-11-13-15-17-19-20-22-24-26-28-30-32-34-35(36)33-31-29-27-25-23-21-18-16-14-12-10-8-6-4-2/h35-36H,3-34H2,1-2H3. The summed E-state index contributed by atoms with van der Waals surface area (Å²) in [6.45, 7) is 4.59. The number of hydrogen-bond acceptors (Lipinski definition) is 1. The maximum atomic E-state index is 10.3. The molecular weight excluding hydrogens is 436 g/mol. The van der Waals surface area contributed by atoms with E-state index in [-0.39, 0.29) is 6.10 Å². The summed E-state index contributed by atoms with van der Waals surface area (Å²) in [6.07, 6.45) is 44.5. The van der Waals surface area contributed by atoms with Crippen LogP contribution < -0.4 is 0 Å². The normalized spacial score (nSPS) is 12.4. The Morgan fingerprint density at radius 1 is 0.278 bits per heavy atom. The first kappa shape index (κ1) is 36.0. The summed E-state index contributed by atoms with van der Waals surface area (Å²) in [5, 5.41) is 10.3. The van der Waals surface area contributed by atoms with Crippen LogP contribution in [-0.4, -0.2) is 11.2 Å².